The van der Waals surface area contributed by atoms with Crippen molar-refractivity contribution in [3.63, 3.8) is 0 Å². The van der Waals surface area contributed by atoms with E-state index in [0.29, 0.717) is 5.92 Å². The summed E-state index contributed by atoms with van der Waals surface area (Å²) in [6.45, 7) is 8.79. The third-order valence-corrected chi connectivity index (χ3v) is 3.89. The van der Waals surface area contributed by atoms with E-state index in [-0.39, 0.29) is 0 Å². The van der Waals surface area contributed by atoms with Gasteiger partial charge in [0.1, 0.15) is 18.0 Å². The molecule has 0 aromatic carbocycles. The zero-order valence-corrected chi connectivity index (χ0v) is 12.8. The first-order valence-corrected chi connectivity index (χ1v) is 7.38. The predicted octanol–water partition coefficient (Wildman–Crippen LogP) is 1.42. The smallest absolute Gasteiger partial charge is 0.148 e. The fraction of sp³-hybridized carbons (Fsp3) is 0.714. The van der Waals surface area contributed by atoms with E-state index < -0.39 is 0 Å². The molecule has 0 saturated carbocycles. The van der Waals surface area contributed by atoms with Gasteiger partial charge in [0.25, 0.3) is 0 Å². The topological polar surface area (TPSA) is 70.3 Å². The molecule has 0 unspecified atom stereocenters. The van der Waals surface area contributed by atoms with Gasteiger partial charge in [0.05, 0.1) is 0 Å². The average molecular weight is 278 g/mol. The van der Waals surface area contributed by atoms with Crippen molar-refractivity contribution in [2.24, 2.45) is 5.84 Å². The molecule has 0 radical (unpaired) electrons. The number of likely N-dealkylation sites (N-methyl/N-ethyl adjacent to an activating group) is 1. The third-order valence-electron chi connectivity index (χ3n) is 3.89. The van der Waals surface area contributed by atoms with E-state index in [9.17, 15) is 0 Å². The number of rotatable bonds is 6. The molecule has 6 heteroatoms. The fourth-order valence-corrected chi connectivity index (χ4v) is 2.74. The lowest BCUT2D eigenvalue weighted by atomic mass is 10.0. The van der Waals surface area contributed by atoms with Crippen LogP contribution < -0.4 is 16.2 Å². The maximum atomic E-state index is 5.56. The Labute approximate surface area is 121 Å². The van der Waals surface area contributed by atoms with Crippen LogP contribution >= 0.6 is 0 Å². The number of likely N-dealkylation sites (tertiary alicyclic amines) is 1. The Bertz CT molecular complexity index is 428. The summed E-state index contributed by atoms with van der Waals surface area (Å²) in [4.78, 5) is 13.4. The number of nitrogens with zero attached hydrogens (tertiary/aromatic N) is 4. The number of anilines is 2. The van der Waals surface area contributed by atoms with E-state index in [2.05, 4.69) is 46.1 Å². The summed E-state index contributed by atoms with van der Waals surface area (Å²) in [6, 6.07) is 0. The summed E-state index contributed by atoms with van der Waals surface area (Å²) < 4.78 is 0. The first-order chi connectivity index (χ1) is 9.63. The minimum absolute atomic E-state index is 0.325. The SMILES string of the molecule is CC(C)c1c(NN)ncnc1N(C)CCN1CCCC1. The lowest BCUT2D eigenvalue weighted by molar-refractivity contribution is 0.346. The summed E-state index contributed by atoms with van der Waals surface area (Å²) >= 11 is 0. The molecule has 2 heterocycles. The zero-order valence-electron chi connectivity index (χ0n) is 12.8. The second-order valence-electron chi connectivity index (χ2n) is 5.73. The Kier molecular flexibility index (Phi) is 5.14. The van der Waals surface area contributed by atoms with Crippen LogP contribution in [0.5, 0.6) is 0 Å². The van der Waals surface area contributed by atoms with Crippen molar-refractivity contribution >= 4 is 11.6 Å². The van der Waals surface area contributed by atoms with Crippen molar-refractivity contribution in [2.45, 2.75) is 32.6 Å². The Balaban J connectivity index is 2.09. The number of nitrogens with one attached hydrogen (secondary N) is 1. The van der Waals surface area contributed by atoms with Crippen LogP contribution in [-0.2, 0) is 0 Å². The molecule has 20 heavy (non-hydrogen) atoms. The fourth-order valence-electron chi connectivity index (χ4n) is 2.74. The van der Waals surface area contributed by atoms with Gasteiger partial charge in [0, 0.05) is 25.7 Å². The van der Waals surface area contributed by atoms with E-state index in [0.717, 1.165) is 30.3 Å². The number of hydrogen-bond acceptors (Lipinski definition) is 6. The Morgan fingerprint density at radius 1 is 1.35 bits per heavy atom. The number of hydrogen-bond donors (Lipinski definition) is 2. The standard InChI is InChI=1S/C14H26N6/c1-11(2)12-13(18-15)16-10-17-14(12)19(3)8-9-20-6-4-5-7-20/h10-11H,4-9,15H2,1-3H3,(H,16,17,18). The molecule has 1 aromatic rings. The number of nitrogens with two attached hydrogens (primary N) is 1. The quantitative estimate of drug-likeness (QED) is 0.606. The Hall–Kier alpha value is -1.40. The van der Waals surface area contributed by atoms with Gasteiger partial charge in [-0.2, -0.15) is 0 Å². The maximum absolute atomic E-state index is 5.56. The van der Waals surface area contributed by atoms with Crippen LogP contribution in [0.15, 0.2) is 6.33 Å². The largest absolute Gasteiger partial charge is 0.358 e. The molecule has 1 aromatic heterocycles. The summed E-state index contributed by atoms with van der Waals surface area (Å²) in [5.41, 5.74) is 3.76. The summed E-state index contributed by atoms with van der Waals surface area (Å²) in [5, 5.41) is 0. The molecule has 112 valence electrons. The van der Waals surface area contributed by atoms with Crippen LogP contribution in [0.25, 0.3) is 0 Å². The lowest BCUT2D eigenvalue weighted by Crippen LogP contribution is -2.32. The normalized spacial score (nSPS) is 15.8. The highest BCUT2D eigenvalue weighted by molar-refractivity contribution is 5.59. The van der Waals surface area contributed by atoms with Gasteiger partial charge in [-0.25, -0.2) is 15.8 Å². The van der Waals surface area contributed by atoms with Crippen LogP contribution in [-0.4, -0.2) is 48.1 Å². The number of hydrazine groups is 1. The van der Waals surface area contributed by atoms with Gasteiger partial charge in [-0.05, 0) is 31.8 Å². The van der Waals surface area contributed by atoms with E-state index in [1.165, 1.54) is 25.9 Å². The van der Waals surface area contributed by atoms with Gasteiger partial charge in [-0.1, -0.05) is 13.8 Å². The van der Waals surface area contributed by atoms with Gasteiger partial charge in [0.2, 0.25) is 0 Å². The van der Waals surface area contributed by atoms with Crippen molar-refractivity contribution in [2.75, 3.05) is 43.6 Å². The maximum Gasteiger partial charge on any atom is 0.148 e. The number of aromatic nitrogens is 2. The molecule has 0 bridgehead atoms. The van der Waals surface area contributed by atoms with E-state index in [4.69, 9.17) is 5.84 Å². The molecule has 6 nitrogen and oxygen atoms in total. The highest BCUT2D eigenvalue weighted by Crippen LogP contribution is 2.29. The van der Waals surface area contributed by atoms with Crippen LogP contribution in [0.1, 0.15) is 38.2 Å². The first-order valence-electron chi connectivity index (χ1n) is 7.38. The lowest BCUT2D eigenvalue weighted by Gasteiger charge is -2.26. The molecule has 3 N–H and O–H groups in total. The third kappa shape index (κ3) is 3.37. The van der Waals surface area contributed by atoms with Gasteiger partial charge >= 0.3 is 0 Å². The van der Waals surface area contributed by atoms with Crippen molar-refractivity contribution in [1.82, 2.24) is 14.9 Å². The minimum atomic E-state index is 0.325. The highest BCUT2D eigenvalue weighted by Gasteiger charge is 2.18. The van der Waals surface area contributed by atoms with E-state index in [1.807, 2.05) is 0 Å². The van der Waals surface area contributed by atoms with E-state index in [1.54, 1.807) is 6.33 Å². The minimum Gasteiger partial charge on any atom is -0.358 e. The Morgan fingerprint density at radius 2 is 2.05 bits per heavy atom. The summed E-state index contributed by atoms with van der Waals surface area (Å²) in [6.07, 6.45) is 4.23. The van der Waals surface area contributed by atoms with Gasteiger partial charge in [-0.15, -0.1) is 0 Å². The van der Waals surface area contributed by atoms with Crippen molar-refractivity contribution < 1.29 is 0 Å². The molecule has 1 saturated heterocycles. The Morgan fingerprint density at radius 3 is 2.65 bits per heavy atom. The molecule has 0 aliphatic carbocycles. The molecule has 2 rings (SSSR count). The van der Waals surface area contributed by atoms with Crippen molar-refractivity contribution in [1.29, 1.82) is 0 Å². The van der Waals surface area contributed by atoms with Crippen LogP contribution in [0.4, 0.5) is 11.6 Å². The van der Waals surface area contributed by atoms with E-state index >= 15 is 0 Å². The van der Waals surface area contributed by atoms with Crippen LogP contribution in [0.3, 0.4) is 0 Å². The van der Waals surface area contributed by atoms with Gasteiger partial charge < -0.3 is 15.2 Å². The molecular weight excluding hydrogens is 252 g/mol. The highest BCUT2D eigenvalue weighted by atomic mass is 15.3. The first kappa shape index (κ1) is 15.0. The van der Waals surface area contributed by atoms with Crippen molar-refractivity contribution in [3.05, 3.63) is 11.9 Å². The second-order valence-corrected chi connectivity index (χ2v) is 5.73. The monoisotopic (exact) mass is 278 g/mol. The second kappa shape index (κ2) is 6.85. The van der Waals surface area contributed by atoms with Gasteiger partial charge in [-0.3, -0.25) is 0 Å². The molecular formula is C14H26N6. The molecule has 0 amide bonds. The predicted molar refractivity (Wildman–Crippen MR) is 82.9 cm³/mol. The van der Waals surface area contributed by atoms with Crippen LogP contribution in [0, 0.1) is 0 Å². The molecule has 1 aliphatic heterocycles. The molecule has 1 aliphatic rings. The number of nitrogen functional groups attached to an aromatic ring is 1. The summed E-state index contributed by atoms with van der Waals surface area (Å²) in [7, 11) is 2.09. The zero-order chi connectivity index (χ0) is 14.5. The van der Waals surface area contributed by atoms with Crippen molar-refractivity contribution in [3.8, 4) is 0 Å². The average Bonchev–Trinajstić information content (AvgIpc) is 2.96. The molecule has 1 fully saturated rings. The van der Waals surface area contributed by atoms with Gasteiger partial charge in [0.15, 0.2) is 0 Å². The molecule has 0 spiro atoms. The van der Waals surface area contributed by atoms with Crippen LogP contribution in [0.2, 0.25) is 0 Å². The molecule has 0 atom stereocenters. The summed E-state index contributed by atoms with van der Waals surface area (Å²) in [5.74, 6) is 7.58.